The summed E-state index contributed by atoms with van der Waals surface area (Å²) in [7, 11) is 0. The van der Waals surface area contributed by atoms with Crippen LogP contribution in [0.3, 0.4) is 0 Å². The summed E-state index contributed by atoms with van der Waals surface area (Å²) in [5, 5.41) is 8.82. The van der Waals surface area contributed by atoms with Gasteiger partial charge in [-0.05, 0) is 31.4 Å². The number of halogens is 1. The van der Waals surface area contributed by atoms with Crippen molar-refractivity contribution in [3.05, 3.63) is 35.4 Å². The van der Waals surface area contributed by atoms with Crippen LogP contribution in [-0.2, 0) is 5.67 Å². The molecule has 2 nitrogen and oxygen atoms in total. The number of rotatable bonds is 4. The van der Waals surface area contributed by atoms with Crippen LogP contribution in [0.1, 0.15) is 37.4 Å². The molecule has 1 rings (SSSR count). The average Bonchev–Trinajstić information content (AvgIpc) is 2.17. The SMILES string of the molecule is CC(C)(F)c1ccccc1C(N)CCO. The first kappa shape index (κ1) is 12.1. The zero-order chi connectivity index (χ0) is 11.5. The molecule has 1 aromatic carbocycles. The highest BCUT2D eigenvalue weighted by atomic mass is 19.1. The lowest BCUT2D eigenvalue weighted by molar-refractivity contribution is 0.217. The third kappa shape index (κ3) is 3.01. The number of hydrogen-bond donors (Lipinski definition) is 2. The molecule has 3 N–H and O–H groups in total. The summed E-state index contributed by atoms with van der Waals surface area (Å²) in [6.07, 6.45) is 0.451. The predicted molar refractivity (Wildman–Crippen MR) is 59.2 cm³/mol. The minimum atomic E-state index is -1.40. The van der Waals surface area contributed by atoms with E-state index >= 15 is 0 Å². The Bertz CT molecular complexity index is 320. The van der Waals surface area contributed by atoms with Gasteiger partial charge < -0.3 is 10.8 Å². The van der Waals surface area contributed by atoms with Gasteiger partial charge in [0.05, 0.1) is 0 Å². The molecule has 0 radical (unpaired) electrons. The van der Waals surface area contributed by atoms with Crippen molar-refractivity contribution in [1.82, 2.24) is 0 Å². The summed E-state index contributed by atoms with van der Waals surface area (Å²) < 4.78 is 13.9. The highest BCUT2D eigenvalue weighted by Crippen LogP contribution is 2.31. The topological polar surface area (TPSA) is 46.2 Å². The fraction of sp³-hybridized carbons (Fsp3) is 0.500. The molecule has 0 amide bonds. The van der Waals surface area contributed by atoms with Crippen molar-refractivity contribution in [3.8, 4) is 0 Å². The third-order valence-corrected chi connectivity index (χ3v) is 2.44. The Hall–Kier alpha value is -0.930. The molecule has 0 heterocycles. The molecule has 1 atom stereocenters. The second-order valence-electron chi connectivity index (χ2n) is 4.18. The van der Waals surface area contributed by atoms with Gasteiger partial charge in [-0.3, -0.25) is 0 Å². The molecular weight excluding hydrogens is 193 g/mol. The molecule has 1 aromatic rings. The minimum absolute atomic E-state index is 0.0161. The second-order valence-corrected chi connectivity index (χ2v) is 4.18. The molecule has 1 unspecified atom stereocenters. The van der Waals surface area contributed by atoms with E-state index in [1.807, 2.05) is 12.1 Å². The van der Waals surface area contributed by atoms with E-state index in [9.17, 15) is 4.39 Å². The van der Waals surface area contributed by atoms with Gasteiger partial charge >= 0.3 is 0 Å². The molecule has 0 aromatic heterocycles. The zero-order valence-electron chi connectivity index (χ0n) is 9.20. The van der Waals surface area contributed by atoms with E-state index < -0.39 is 5.67 Å². The predicted octanol–water partition coefficient (Wildman–Crippen LogP) is 2.27. The van der Waals surface area contributed by atoms with Gasteiger partial charge in [-0.1, -0.05) is 24.3 Å². The summed E-state index contributed by atoms with van der Waals surface area (Å²) in [5.41, 5.74) is 5.86. The summed E-state index contributed by atoms with van der Waals surface area (Å²) in [4.78, 5) is 0. The number of aliphatic hydroxyl groups excluding tert-OH is 1. The van der Waals surface area contributed by atoms with Gasteiger partial charge in [0.2, 0.25) is 0 Å². The van der Waals surface area contributed by atoms with Crippen molar-refractivity contribution >= 4 is 0 Å². The Balaban J connectivity index is 3.06. The summed E-state index contributed by atoms with van der Waals surface area (Å²) in [5.74, 6) is 0. The van der Waals surface area contributed by atoms with Gasteiger partial charge in [-0.2, -0.15) is 0 Å². The molecule has 0 fully saturated rings. The molecule has 3 heteroatoms. The minimum Gasteiger partial charge on any atom is -0.396 e. The highest BCUT2D eigenvalue weighted by Gasteiger charge is 2.23. The van der Waals surface area contributed by atoms with E-state index in [0.717, 1.165) is 5.56 Å². The molecular formula is C12H18FNO. The van der Waals surface area contributed by atoms with Crippen LogP contribution < -0.4 is 5.73 Å². The molecule has 0 saturated heterocycles. The van der Waals surface area contributed by atoms with Crippen molar-refractivity contribution in [2.45, 2.75) is 32.0 Å². The largest absolute Gasteiger partial charge is 0.396 e. The fourth-order valence-electron chi connectivity index (χ4n) is 1.66. The Kier molecular flexibility index (Phi) is 3.83. The number of aliphatic hydroxyl groups is 1. The normalized spacial score (nSPS) is 13.9. The van der Waals surface area contributed by atoms with Crippen LogP contribution in [0.2, 0.25) is 0 Å². The van der Waals surface area contributed by atoms with Crippen molar-refractivity contribution in [2.24, 2.45) is 5.73 Å². The molecule has 15 heavy (non-hydrogen) atoms. The monoisotopic (exact) mass is 211 g/mol. The zero-order valence-corrected chi connectivity index (χ0v) is 9.20. The van der Waals surface area contributed by atoms with E-state index in [4.69, 9.17) is 10.8 Å². The second kappa shape index (κ2) is 4.73. The lowest BCUT2D eigenvalue weighted by atomic mass is 9.90. The van der Waals surface area contributed by atoms with Crippen LogP contribution in [0, 0.1) is 0 Å². The Morgan fingerprint density at radius 3 is 2.53 bits per heavy atom. The lowest BCUT2D eigenvalue weighted by Gasteiger charge is -2.22. The highest BCUT2D eigenvalue weighted by molar-refractivity contribution is 5.33. The van der Waals surface area contributed by atoms with Gasteiger partial charge in [0, 0.05) is 12.6 Å². The van der Waals surface area contributed by atoms with E-state index in [2.05, 4.69) is 0 Å². The molecule has 0 aliphatic rings. The molecule has 0 aliphatic carbocycles. The summed E-state index contributed by atoms with van der Waals surface area (Å²) in [6, 6.07) is 6.89. The van der Waals surface area contributed by atoms with Crippen molar-refractivity contribution < 1.29 is 9.50 Å². The van der Waals surface area contributed by atoms with E-state index in [1.165, 1.54) is 13.8 Å². The summed E-state index contributed by atoms with van der Waals surface area (Å²) in [6.45, 7) is 3.04. The third-order valence-electron chi connectivity index (χ3n) is 2.44. The standard InChI is InChI=1S/C12H18FNO/c1-12(2,13)10-6-4-3-5-9(10)11(14)7-8-15/h3-6,11,15H,7-8,14H2,1-2H3. The maximum absolute atomic E-state index is 13.9. The molecule has 0 spiro atoms. The number of benzene rings is 1. The lowest BCUT2D eigenvalue weighted by Crippen LogP contribution is -2.19. The number of hydrogen-bond acceptors (Lipinski definition) is 2. The van der Waals surface area contributed by atoms with Crippen LogP contribution in [0.15, 0.2) is 24.3 Å². The average molecular weight is 211 g/mol. The molecule has 84 valence electrons. The van der Waals surface area contributed by atoms with Crippen molar-refractivity contribution in [2.75, 3.05) is 6.61 Å². The van der Waals surface area contributed by atoms with Crippen molar-refractivity contribution in [3.63, 3.8) is 0 Å². The van der Waals surface area contributed by atoms with Gasteiger partial charge in [0.25, 0.3) is 0 Å². The van der Waals surface area contributed by atoms with Gasteiger partial charge in [0.15, 0.2) is 0 Å². The van der Waals surface area contributed by atoms with Crippen LogP contribution in [0.4, 0.5) is 4.39 Å². The Labute approximate surface area is 89.9 Å². The van der Waals surface area contributed by atoms with E-state index in [-0.39, 0.29) is 12.6 Å². The first-order valence-corrected chi connectivity index (χ1v) is 5.11. The maximum Gasteiger partial charge on any atom is 0.130 e. The van der Waals surface area contributed by atoms with Crippen LogP contribution >= 0.6 is 0 Å². The number of nitrogens with two attached hydrogens (primary N) is 1. The van der Waals surface area contributed by atoms with E-state index in [0.29, 0.717) is 12.0 Å². The molecule has 0 bridgehead atoms. The molecule has 0 saturated carbocycles. The van der Waals surface area contributed by atoms with Crippen LogP contribution in [0.25, 0.3) is 0 Å². The van der Waals surface area contributed by atoms with Gasteiger partial charge in [0.1, 0.15) is 5.67 Å². The fourth-order valence-corrected chi connectivity index (χ4v) is 1.66. The smallest absolute Gasteiger partial charge is 0.130 e. The van der Waals surface area contributed by atoms with E-state index in [1.54, 1.807) is 12.1 Å². The van der Waals surface area contributed by atoms with Crippen LogP contribution in [0.5, 0.6) is 0 Å². The number of alkyl halides is 1. The molecule has 0 aliphatic heterocycles. The van der Waals surface area contributed by atoms with Crippen molar-refractivity contribution in [1.29, 1.82) is 0 Å². The first-order valence-electron chi connectivity index (χ1n) is 5.11. The van der Waals surface area contributed by atoms with Gasteiger partial charge in [-0.15, -0.1) is 0 Å². The van der Waals surface area contributed by atoms with Gasteiger partial charge in [-0.25, -0.2) is 4.39 Å². The summed E-state index contributed by atoms with van der Waals surface area (Å²) >= 11 is 0. The first-order chi connectivity index (χ1) is 6.96. The Morgan fingerprint density at radius 2 is 2.00 bits per heavy atom. The Morgan fingerprint density at radius 1 is 1.40 bits per heavy atom. The van der Waals surface area contributed by atoms with Crippen LogP contribution in [-0.4, -0.2) is 11.7 Å². The maximum atomic E-state index is 13.9. The quantitative estimate of drug-likeness (QED) is 0.802.